The molecular weight excluding hydrogens is 240 g/mol. The van der Waals surface area contributed by atoms with Crippen molar-refractivity contribution in [3.8, 4) is 0 Å². The van der Waals surface area contributed by atoms with Crippen LogP contribution in [0.5, 0.6) is 0 Å². The van der Waals surface area contributed by atoms with E-state index in [1.807, 2.05) is 39.5 Å². The Bertz CT molecular complexity index is 291. The molecule has 0 bridgehead atoms. The molecule has 2 aliphatic heterocycles. The van der Waals surface area contributed by atoms with Gasteiger partial charge in [0.15, 0.2) is 0 Å². The van der Waals surface area contributed by atoms with Gasteiger partial charge in [0.25, 0.3) is 0 Å². The van der Waals surface area contributed by atoms with Gasteiger partial charge in [0, 0.05) is 13.1 Å². The molecule has 2 heterocycles. The summed E-state index contributed by atoms with van der Waals surface area (Å²) in [4.78, 5) is 13.9. The van der Waals surface area contributed by atoms with Crippen LogP contribution in [0.1, 0.15) is 53.9 Å². The van der Waals surface area contributed by atoms with E-state index in [9.17, 15) is 4.79 Å². The third kappa shape index (κ3) is 4.68. The largest absolute Gasteiger partial charge is 0.444 e. The van der Waals surface area contributed by atoms with E-state index < -0.39 is 0 Å². The number of amides is 1. The highest BCUT2D eigenvalue weighted by atomic mass is 16.6. The Balaban J connectivity index is 0.000000861. The van der Waals surface area contributed by atoms with E-state index in [0.29, 0.717) is 5.41 Å². The molecule has 0 atom stereocenters. The lowest BCUT2D eigenvalue weighted by atomic mass is 9.78. The summed E-state index contributed by atoms with van der Waals surface area (Å²) in [5.74, 6) is 0. The second-order valence-electron chi connectivity index (χ2n) is 6.40. The summed E-state index contributed by atoms with van der Waals surface area (Å²) >= 11 is 0. The quantitative estimate of drug-likeness (QED) is 0.735. The smallest absolute Gasteiger partial charge is 0.410 e. The van der Waals surface area contributed by atoms with Crippen molar-refractivity contribution in [1.82, 2.24) is 10.2 Å². The SMILES string of the molecule is CC.CC(C)(C)OC(=O)N1CCC2(CCNCC2)C1. The molecule has 4 nitrogen and oxygen atoms in total. The maximum absolute atomic E-state index is 12.0. The van der Waals surface area contributed by atoms with Crippen molar-refractivity contribution in [1.29, 1.82) is 0 Å². The fraction of sp³-hybridized carbons (Fsp3) is 0.933. The number of rotatable bonds is 0. The highest BCUT2D eigenvalue weighted by Crippen LogP contribution is 2.38. The fourth-order valence-electron chi connectivity index (χ4n) is 2.78. The molecule has 2 aliphatic rings. The zero-order chi connectivity index (χ0) is 14.5. The summed E-state index contributed by atoms with van der Waals surface area (Å²) in [5, 5.41) is 3.38. The zero-order valence-electron chi connectivity index (χ0n) is 13.2. The summed E-state index contributed by atoms with van der Waals surface area (Å²) in [6.07, 6.45) is 3.36. The second-order valence-corrected chi connectivity index (χ2v) is 6.40. The molecule has 4 heteroatoms. The van der Waals surface area contributed by atoms with Crippen LogP contribution in [-0.4, -0.2) is 42.8 Å². The van der Waals surface area contributed by atoms with Crippen LogP contribution < -0.4 is 5.32 Å². The monoisotopic (exact) mass is 270 g/mol. The van der Waals surface area contributed by atoms with Crippen LogP contribution in [0.2, 0.25) is 0 Å². The summed E-state index contributed by atoms with van der Waals surface area (Å²) in [7, 11) is 0. The maximum Gasteiger partial charge on any atom is 0.410 e. The number of nitrogens with one attached hydrogen (secondary N) is 1. The lowest BCUT2D eigenvalue weighted by Gasteiger charge is -2.33. The summed E-state index contributed by atoms with van der Waals surface area (Å²) in [5.41, 5.74) is -0.0247. The first kappa shape index (κ1) is 16.3. The molecule has 0 unspecified atom stereocenters. The number of nitrogens with zero attached hydrogens (tertiary/aromatic N) is 1. The standard InChI is InChI=1S/C13H24N2O2.C2H6/c1-12(2,3)17-11(16)15-9-6-13(10-15)4-7-14-8-5-13;1-2/h14H,4-10H2,1-3H3;1-2H3. The number of ether oxygens (including phenoxy) is 1. The summed E-state index contributed by atoms with van der Waals surface area (Å²) < 4.78 is 5.43. The average molecular weight is 270 g/mol. The number of hydrogen-bond acceptors (Lipinski definition) is 3. The maximum atomic E-state index is 12.0. The Morgan fingerprint density at radius 1 is 1.16 bits per heavy atom. The van der Waals surface area contributed by atoms with Crippen molar-refractivity contribution >= 4 is 6.09 Å². The molecule has 1 spiro atoms. The van der Waals surface area contributed by atoms with Gasteiger partial charge >= 0.3 is 6.09 Å². The molecule has 0 aliphatic carbocycles. The molecule has 2 rings (SSSR count). The van der Waals surface area contributed by atoms with E-state index in [-0.39, 0.29) is 11.7 Å². The van der Waals surface area contributed by atoms with Crippen LogP contribution in [0, 0.1) is 5.41 Å². The number of carbonyl (C=O) groups is 1. The summed E-state index contributed by atoms with van der Waals surface area (Å²) in [6, 6.07) is 0. The van der Waals surface area contributed by atoms with Gasteiger partial charge < -0.3 is 15.0 Å². The van der Waals surface area contributed by atoms with Crippen molar-refractivity contribution < 1.29 is 9.53 Å². The highest BCUT2D eigenvalue weighted by Gasteiger charge is 2.41. The first-order chi connectivity index (χ1) is 8.90. The zero-order valence-corrected chi connectivity index (χ0v) is 13.2. The molecule has 1 N–H and O–H groups in total. The first-order valence-electron chi connectivity index (χ1n) is 7.59. The lowest BCUT2D eigenvalue weighted by Crippen LogP contribution is -2.41. The minimum Gasteiger partial charge on any atom is -0.444 e. The van der Waals surface area contributed by atoms with Crippen LogP contribution >= 0.6 is 0 Å². The fourth-order valence-corrected chi connectivity index (χ4v) is 2.78. The van der Waals surface area contributed by atoms with Gasteiger partial charge in [0.1, 0.15) is 5.60 Å². The molecular formula is C15H30N2O2. The van der Waals surface area contributed by atoms with E-state index in [1.165, 1.54) is 12.8 Å². The second kappa shape index (κ2) is 6.60. The molecule has 2 fully saturated rings. The van der Waals surface area contributed by atoms with Crippen molar-refractivity contribution in [2.45, 2.75) is 59.5 Å². The molecule has 0 radical (unpaired) electrons. The van der Waals surface area contributed by atoms with E-state index in [1.54, 1.807) is 0 Å². The Morgan fingerprint density at radius 2 is 1.74 bits per heavy atom. The third-order valence-corrected chi connectivity index (χ3v) is 3.75. The Hall–Kier alpha value is -0.770. The van der Waals surface area contributed by atoms with Crippen LogP contribution in [0.3, 0.4) is 0 Å². The molecule has 112 valence electrons. The van der Waals surface area contributed by atoms with Crippen molar-refractivity contribution in [3.63, 3.8) is 0 Å². The molecule has 1 amide bonds. The minimum absolute atomic E-state index is 0.145. The van der Waals surface area contributed by atoms with Crippen LogP contribution in [0.25, 0.3) is 0 Å². The van der Waals surface area contributed by atoms with Gasteiger partial charge in [-0.05, 0) is 58.5 Å². The number of likely N-dealkylation sites (tertiary alicyclic amines) is 1. The van der Waals surface area contributed by atoms with Gasteiger partial charge in [-0.1, -0.05) is 13.8 Å². The highest BCUT2D eigenvalue weighted by molar-refractivity contribution is 5.68. The molecule has 0 saturated carbocycles. The van der Waals surface area contributed by atoms with E-state index in [2.05, 4.69) is 5.32 Å². The Kier molecular flexibility index (Phi) is 5.65. The predicted octanol–water partition coefficient (Wildman–Crippen LogP) is 3.02. The first-order valence-corrected chi connectivity index (χ1v) is 7.59. The van der Waals surface area contributed by atoms with Gasteiger partial charge in [0.2, 0.25) is 0 Å². The van der Waals surface area contributed by atoms with Gasteiger partial charge in [-0.15, -0.1) is 0 Å². The van der Waals surface area contributed by atoms with Gasteiger partial charge in [-0.2, -0.15) is 0 Å². The normalized spacial score (nSPS) is 21.8. The van der Waals surface area contributed by atoms with Gasteiger partial charge in [-0.25, -0.2) is 4.79 Å². The van der Waals surface area contributed by atoms with Crippen molar-refractivity contribution in [3.05, 3.63) is 0 Å². The predicted molar refractivity (Wildman–Crippen MR) is 78.3 cm³/mol. The van der Waals surface area contributed by atoms with Crippen molar-refractivity contribution in [2.75, 3.05) is 26.2 Å². The topological polar surface area (TPSA) is 41.6 Å². The molecule has 2 saturated heterocycles. The van der Waals surface area contributed by atoms with Crippen LogP contribution in [0.4, 0.5) is 4.79 Å². The molecule has 0 aromatic carbocycles. The minimum atomic E-state index is -0.388. The Labute approximate surface area is 117 Å². The van der Waals surface area contributed by atoms with Gasteiger partial charge in [0.05, 0.1) is 0 Å². The van der Waals surface area contributed by atoms with Gasteiger partial charge in [-0.3, -0.25) is 0 Å². The Morgan fingerprint density at radius 3 is 2.26 bits per heavy atom. The number of hydrogen-bond donors (Lipinski definition) is 1. The summed E-state index contributed by atoms with van der Waals surface area (Å²) in [6.45, 7) is 13.7. The molecule has 19 heavy (non-hydrogen) atoms. The molecule has 0 aromatic rings. The molecule has 0 aromatic heterocycles. The van der Waals surface area contributed by atoms with Crippen LogP contribution in [-0.2, 0) is 4.74 Å². The van der Waals surface area contributed by atoms with E-state index >= 15 is 0 Å². The van der Waals surface area contributed by atoms with Crippen LogP contribution in [0.15, 0.2) is 0 Å². The van der Waals surface area contributed by atoms with E-state index in [4.69, 9.17) is 4.74 Å². The lowest BCUT2D eigenvalue weighted by molar-refractivity contribution is 0.0264. The number of carbonyl (C=O) groups excluding carboxylic acids is 1. The van der Waals surface area contributed by atoms with Crippen molar-refractivity contribution in [2.24, 2.45) is 5.41 Å². The average Bonchev–Trinajstić information content (AvgIpc) is 2.75. The number of piperidine rings is 1. The third-order valence-electron chi connectivity index (χ3n) is 3.75. The van der Waals surface area contributed by atoms with E-state index in [0.717, 1.165) is 32.6 Å².